The summed E-state index contributed by atoms with van der Waals surface area (Å²) in [6, 6.07) is 0.0846. The molecule has 0 spiro atoms. The number of rotatable bonds is 3. The fraction of sp³-hybridized carbons (Fsp3) is 0.714. The van der Waals surface area contributed by atoms with E-state index in [-0.39, 0.29) is 6.04 Å². The Hall–Kier alpha value is -1.36. The minimum atomic E-state index is 0.0846. The Morgan fingerprint density at radius 1 is 1.53 bits per heavy atom. The monoisotopic (exact) mass is 262 g/mol. The standard InChI is InChI=1S/C14H22N4O/c1-17-7-6-16-14(17)12-10-15-5-8-18(12)13(19)9-11-3-2-4-11/h6-7,11-12,15H,2-5,8-10H2,1H3. The van der Waals surface area contributed by atoms with E-state index in [4.69, 9.17) is 0 Å². The topological polar surface area (TPSA) is 50.2 Å². The van der Waals surface area contributed by atoms with Gasteiger partial charge in [-0.1, -0.05) is 6.42 Å². The van der Waals surface area contributed by atoms with Gasteiger partial charge in [-0.3, -0.25) is 4.79 Å². The van der Waals surface area contributed by atoms with Crippen molar-refractivity contribution in [1.82, 2.24) is 19.8 Å². The van der Waals surface area contributed by atoms with E-state index in [2.05, 4.69) is 10.3 Å². The average molecular weight is 262 g/mol. The summed E-state index contributed by atoms with van der Waals surface area (Å²) >= 11 is 0. The van der Waals surface area contributed by atoms with E-state index >= 15 is 0 Å². The molecule has 1 unspecified atom stereocenters. The average Bonchev–Trinajstić information content (AvgIpc) is 2.80. The molecule has 1 saturated carbocycles. The number of imidazole rings is 1. The van der Waals surface area contributed by atoms with E-state index in [9.17, 15) is 4.79 Å². The summed E-state index contributed by atoms with van der Waals surface area (Å²) in [7, 11) is 1.99. The molecule has 0 radical (unpaired) electrons. The molecule has 1 atom stereocenters. The molecule has 3 rings (SSSR count). The molecule has 1 aromatic rings. The van der Waals surface area contributed by atoms with Crippen LogP contribution in [0.2, 0.25) is 0 Å². The van der Waals surface area contributed by atoms with Gasteiger partial charge >= 0.3 is 0 Å². The van der Waals surface area contributed by atoms with E-state index in [1.54, 1.807) is 6.20 Å². The second-order valence-electron chi connectivity index (χ2n) is 5.70. The molecule has 1 saturated heterocycles. The molecule has 1 amide bonds. The zero-order chi connectivity index (χ0) is 13.2. The Bertz CT molecular complexity index is 452. The summed E-state index contributed by atoms with van der Waals surface area (Å²) in [5, 5.41) is 3.37. The third-order valence-electron chi connectivity index (χ3n) is 4.41. The van der Waals surface area contributed by atoms with Gasteiger partial charge in [0.15, 0.2) is 0 Å². The molecule has 2 fully saturated rings. The molecule has 2 heterocycles. The maximum Gasteiger partial charge on any atom is 0.223 e. The van der Waals surface area contributed by atoms with Crippen LogP contribution in [0.25, 0.3) is 0 Å². The Balaban J connectivity index is 1.73. The highest BCUT2D eigenvalue weighted by atomic mass is 16.2. The van der Waals surface area contributed by atoms with Gasteiger partial charge in [0, 0.05) is 45.5 Å². The van der Waals surface area contributed by atoms with Crippen molar-refractivity contribution in [3.8, 4) is 0 Å². The predicted molar refractivity (Wildman–Crippen MR) is 72.5 cm³/mol. The number of nitrogens with zero attached hydrogens (tertiary/aromatic N) is 3. The highest BCUT2D eigenvalue weighted by Crippen LogP contribution is 2.31. The summed E-state index contributed by atoms with van der Waals surface area (Å²) in [6.45, 7) is 2.49. The van der Waals surface area contributed by atoms with Crippen LogP contribution in [0.5, 0.6) is 0 Å². The van der Waals surface area contributed by atoms with Crippen molar-refractivity contribution in [3.63, 3.8) is 0 Å². The van der Waals surface area contributed by atoms with Crippen LogP contribution < -0.4 is 5.32 Å². The van der Waals surface area contributed by atoms with E-state index < -0.39 is 0 Å². The summed E-state index contributed by atoms with van der Waals surface area (Å²) < 4.78 is 2.02. The van der Waals surface area contributed by atoms with E-state index in [0.29, 0.717) is 11.8 Å². The second kappa shape index (κ2) is 5.33. The number of aryl methyl sites for hydroxylation is 1. The van der Waals surface area contributed by atoms with Gasteiger partial charge in [0.1, 0.15) is 11.9 Å². The zero-order valence-corrected chi connectivity index (χ0v) is 11.5. The zero-order valence-electron chi connectivity index (χ0n) is 11.5. The van der Waals surface area contributed by atoms with Crippen LogP contribution >= 0.6 is 0 Å². The van der Waals surface area contributed by atoms with Crippen LogP contribution in [0.3, 0.4) is 0 Å². The Morgan fingerprint density at radius 3 is 3.00 bits per heavy atom. The van der Waals surface area contributed by atoms with Crippen molar-refractivity contribution in [2.24, 2.45) is 13.0 Å². The van der Waals surface area contributed by atoms with Crippen LogP contribution in [-0.2, 0) is 11.8 Å². The lowest BCUT2D eigenvalue weighted by molar-refractivity contribution is -0.136. The summed E-state index contributed by atoms with van der Waals surface area (Å²) in [5.41, 5.74) is 0. The van der Waals surface area contributed by atoms with Gasteiger partial charge < -0.3 is 14.8 Å². The van der Waals surface area contributed by atoms with Crippen molar-refractivity contribution in [2.45, 2.75) is 31.7 Å². The highest BCUT2D eigenvalue weighted by molar-refractivity contribution is 5.77. The first-order valence-corrected chi connectivity index (χ1v) is 7.23. The highest BCUT2D eigenvalue weighted by Gasteiger charge is 2.32. The van der Waals surface area contributed by atoms with Crippen LogP contribution in [0, 0.1) is 5.92 Å². The SMILES string of the molecule is Cn1ccnc1C1CNCCN1C(=O)CC1CCC1. The van der Waals surface area contributed by atoms with Crippen LogP contribution in [0.1, 0.15) is 37.5 Å². The summed E-state index contributed by atoms with van der Waals surface area (Å²) in [4.78, 5) is 18.9. The lowest BCUT2D eigenvalue weighted by atomic mass is 9.82. The van der Waals surface area contributed by atoms with Gasteiger partial charge in [0.2, 0.25) is 5.91 Å². The second-order valence-corrected chi connectivity index (χ2v) is 5.70. The number of piperazine rings is 1. The summed E-state index contributed by atoms with van der Waals surface area (Å²) in [6.07, 6.45) is 8.22. The van der Waals surface area contributed by atoms with Gasteiger partial charge in [-0.15, -0.1) is 0 Å². The number of hydrogen-bond acceptors (Lipinski definition) is 3. The lowest BCUT2D eigenvalue weighted by Crippen LogP contribution is -2.50. The number of aromatic nitrogens is 2. The molecular formula is C14H22N4O. The van der Waals surface area contributed by atoms with Crippen molar-refractivity contribution in [1.29, 1.82) is 0 Å². The van der Waals surface area contributed by atoms with Crippen LogP contribution in [0.4, 0.5) is 0 Å². The minimum Gasteiger partial charge on any atom is -0.336 e. The summed E-state index contributed by atoms with van der Waals surface area (Å²) in [5.74, 6) is 1.91. The number of hydrogen-bond donors (Lipinski definition) is 1. The van der Waals surface area contributed by atoms with Gasteiger partial charge in [0.05, 0.1) is 0 Å². The molecule has 1 aliphatic carbocycles. The largest absolute Gasteiger partial charge is 0.336 e. The van der Waals surface area contributed by atoms with Crippen LogP contribution in [0.15, 0.2) is 12.4 Å². The molecule has 19 heavy (non-hydrogen) atoms. The predicted octanol–water partition coefficient (Wildman–Crippen LogP) is 1.08. The Labute approximate surface area is 114 Å². The van der Waals surface area contributed by atoms with Crippen molar-refractivity contribution < 1.29 is 4.79 Å². The number of nitrogens with one attached hydrogen (secondary N) is 1. The maximum absolute atomic E-state index is 12.5. The first-order valence-electron chi connectivity index (χ1n) is 7.23. The molecule has 5 heteroatoms. The minimum absolute atomic E-state index is 0.0846. The van der Waals surface area contributed by atoms with Gasteiger partial charge in [-0.25, -0.2) is 4.98 Å². The number of carbonyl (C=O) groups excluding carboxylic acids is 1. The number of amides is 1. The number of carbonyl (C=O) groups is 1. The molecule has 1 aliphatic heterocycles. The molecule has 1 N–H and O–H groups in total. The van der Waals surface area contributed by atoms with E-state index in [0.717, 1.165) is 31.9 Å². The quantitative estimate of drug-likeness (QED) is 0.887. The molecule has 1 aromatic heterocycles. The smallest absolute Gasteiger partial charge is 0.223 e. The third-order valence-corrected chi connectivity index (χ3v) is 4.41. The molecule has 0 bridgehead atoms. The van der Waals surface area contributed by atoms with E-state index in [1.807, 2.05) is 22.7 Å². The molecule has 5 nitrogen and oxygen atoms in total. The molecule has 104 valence electrons. The van der Waals surface area contributed by atoms with Gasteiger partial charge in [0.25, 0.3) is 0 Å². The van der Waals surface area contributed by atoms with Crippen molar-refractivity contribution in [3.05, 3.63) is 18.2 Å². The first kappa shape index (κ1) is 12.7. The van der Waals surface area contributed by atoms with Crippen molar-refractivity contribution in [2.75, 3.05) is 19.6 Å². The molecular weight excluding hydrogens is 240 g/mol. The van der Waals surface area contributed by atoms with Crippen molar-refractivity contribution >= 4 is 5.91 Å². The Morgan fingerprint density at radius 2 is 2.37 bits per heavy atom. The van der Waals surface area contributed by atoms with Crippen LogP contribution in [-0.4, -0.2) is 40.0 Å². The van der Waals surface area contributed by atoms with E-state index in [1.165, 1.54) is 19.3 Å². The van der Waals surface area contributed by atoms with Gasteiger partial charge in [-0.05, 0) is 18.8 Å². The Kier molecular flexibility index (Phi) is 3.55. The molecule has 2 aliphatic rings. The first-order chi connectivity index (χ1) is 9.25. The fourth-order valence-corrected chi connectivity index (χ4v) is 2.99. The normalized spacial score (nSPS) is 24.3. The van der Waals surface area contributed by atoms with Gasteiger partial charge in [-0.2, -0.15) is 0 Å². The lowest BCUT2D eigenvalue weighted by Gasteiger charge is -2.37. The molecule has 0 aromatic carbocycles. The maximum atomic E-state index is 12.5. The fourth-order valence-electron chi connectivity index (χ4n) is 2.99. The third kappa shape index (κ3) is 2.52.